The molecule has 0 unspecified atom stereocenters. The summed E-state index contributed by atoms with van der Waals surface area (Å²) in [6, 6.07) is 5.02. The van der Waals surface area contributed by atoms with Crippen molar-refractivity contribution in [2.24, 2.45) is 0 Å². The number of hydrogen-bond donors (Lipinski definition) is 0. The summed E-state index contributed by atoms with van der Waals surface area (Å²) >= 11 is 0. The molecule has 40 heavy (non-hydrogen) atoms. The van der Waals surface area contributed by atoms with Crippen LogP contribution in [0.1, 0.15) is 57.2 Å². The number of anilines is 1. The summed E-state index contributed by atoms with van der Waals surface area (Å²) in [5.41, 5.74) is 0.961. The van der Waals surface area contributed by atoms with Crippen molar-refractivity contribution in [3.63, 3.8) is 0 Å². The summed E-state index contributed by atoms with van der Waals surface area (Å²) in [6.45, 7) is 8.02. The van der Waals surface area contributed by atoms with Gasteiger partial charge in [0.15, 0.2) is 5.65 Å². The van der Waals surface area contributed by atoms with Crippen LogP contribution in [-0.2, 0) is 9.53 Å². The first-order chi connectivity index (χ1) is 19.1. The van der Waals surface area contributed by atoms with E-state index < -0.39 is 17.2 Å². The SMILES string of the molecule is CC(C)(C)OC(=O)N1CCCN(C(=O)C=Cc2cnn3ccc(N4CCC[C@@H]4c4cc(F)ccc4F)nc23)CC1. The maximum absolute atomic E-state index is 14.6. The highest BCUT2D eigenvalue weighted by Crippen LogP contribution is 2.37. The van der Waals surface area contributed by atoms with E-state index in [-0.39, 0.29) is 18.0 Å². The summed E-state index contributed by atoms with van der Waals surface area (Å²) in [5.74, 6) is -0.437. The molecule has 1 aromatic carbocycles. The Morgan fingerprint density at radius 2 is 1.80 bits per heavy atom. The smallest absolute Gasteiger partial charge is 0.410 e. The van der Waals surface area contributed by atoms with Crippen molar-refractivity contribution in [2.75, 3.05) is 37.6 Å². The summed E-state index contributed by atoms with van der Waals surface area (Å²) in [7, 11) is 0. The van der Waals surface area contributed by atoms with Gasteiger partial charge >= 0.3 is 6.09 Å². The minimum atomic E-state index is -0.574. The van der Waals surface area contributed by atoms with Gasteiger partial charge in [-0.3, -0.25) is 4.79 Å². The molecule has 4 heterocycles. The second-order valence-electron chi connectivity index (χ2n) is 11.2. The Balaban J connectivity index is 1.29. The number of rotatable bonds is 4. The van der Waals surface area contributed by atoms with Gasteiger partial charge in [-0.25, -0.2) is 23.1 Å². The van der Waals surface area contributed by atoms with E-state index in [1.54, 1.807) is 32.8 Å². The van der Waals surface area contributed by atoms with Crippen LogP contribution in [0.3, 0.4) is 0 Å². The fraction of sp³-hybridized carbons (Fsp3) is 0.448. The highest BCUT2D eigenvalue weighted by Gasteiger charge is 2.30. The molecule has 0 spiro atoms. The minimum absolute atomic E-state index is 0.164. The van der Waals surface area contributed by atoms with Gasteiger partial charge in [-0.15, -0.1) is 0 Å². The Hall–Kier alpha value is -4.02. The fourth-order valence-electron chi connectivity index (χ4n) is 5.20. The minimum Gasteiger partial charge on any atom is -0.444 e. The van der Waals surface area contributed by atoms with E-state index in [0.29, 0.717) is 68.2 Å². The standard InChI is InChI=1S/C29H34F2N6O3/c1-29(2,3)40-28(39)35-13-5-12-34(16-17-35)26(38)10-7-20-19-32-37-15-11-25(33-27(20)37)36-14-4-6-24(36)22-18-21(30)8-9-23(22)31/h7-11,15,18-19,24H,4-6,12-14,16-17H2,1-3H3/t24-/m1/s1. The van der Waals surface area contributed by atoms with E-state index in [0.717, 1.165) is 18.6 Å². The van der Waals surface area contributed by atoms with Gasteiger partial charge in [0.25, 0.3) is 0 Å². The number of carbonyl (C=O) groups excluding carboxylic acids is 2. The van der Waals surface area contributed by atoms with Gasteiger partial charge in [0, 0.05) is 56.1 Å². The molecule has 0 N–H and O–H groups in total. The number of nitrogens with zero attached hydrogens (tertiary/aromatic N) is 6. The van der Waals surface area contributed by atoms with Crippen LogP contribution in [0.4, 0.5) is 19.4 Å². The Bertz CT molecular complexity index is 1430. The zero-order valence-electron chi connectivity index (χ0n) is 23.0. The van der Waals surface area contributed by atoms with E-state index in [1.165, 1.54) is 12.1 Å². The molecule has 5 rings (SSSR count). The Kier molecular flexibility index (Phi) is 7.73. The van der Waals surface area contributed by atoms with Crippen LogP contribution >= 0.6 is 0 Å². The van der Waals surface area contributed by atoms with Crippen molar-refractivity contribution in [3.05, 3.63) is 65.5 Å². The zero-order valence-corrected chi connectivity index (χ0v) is 23.0. The third-order valence-corrected chi connectivity index (χ3v) is 7.11. The first-order valence-corrected chi connectivity index (χ1v) is 13.6. The van der Waals surface area contributed by atoms with Crippen LogP contribution in [0.15, 0.2) is 42.7 Å². The number of ether oxygens (including phenoxy) is 1. The van der Waals surface area contributed by atoms with E-state index in [2.05, 4.69) is 5.10 Å². The van der Waals surface area contributed by atoms with E-state index >= 15 is 0 Å². The summed E-state index contributed by atoms with van der Waals surface area (Å²) < 4.78 is 35.5. The van der Waals surface area contributed by atoms with Crippen molar-refractivity contribution in [3.8, 4) is 0 Å². The predicted molar refractivity (Wildman–Crippen MR) is 147 cm³/mol. The molecule has 2 aliphatic rings. The van der Waals surface area contributed by atoms with Crippen molar-refractivity contribution in [1.29, 1.82) is 0 Å². The normalized spacial score (nSPS) is 18.5. The summed E-state index contributed by atoms with van der Waals surface area (Å²) in [6.07, 6.45) is 8.39. The molecule has 0 aliphatic carbocycles. The van der Waals surface area contributed by atoms with Gasteiger partial charge in [-0.1, -0.05) is 0 Å². The first kappa shape index (κ1) is 27.5. The molecule has 2 fully saturated rings. The molecule has 9 nitrogen and oxygen atoms in total. The summed E-state index contributed by atoms with van der Waals surface area (Å²) in [5, 5.41) is 4.35. The molecule has 11 heteroatoms. The third kappa shape index (κ3) is 6.08. The molecule has 212 valence electrons. The molecule has 1 atom stereocenters. The topological polar surface area (TPSA) is 83.3 Å². The van der Waals surface area contributed by atoms with Crippen LogP contribution < -0.4 is 4.90 Å². The van der Waals surface area contributed by atoms with Crippen molar-refractivity contribution < 1.29 is 23.1 Å². The maximum Gasteiger partial charge on any atom is 0.410 e. The Morgan fingerprint density at radius 1 is 1.02 bits per heavy atom. The molecule has 2 saturated heterocycles. The first-order valence-electron chi connectivity index (χ1n) is 13.6. The summed E-state index contributed by atoms with van der Waals surface area (Å²) in [4.78, 5) is 35.6. The van der Waals surface area contributed by atoms with Gasteiger partial charge in [-0.2, -0.15) is 5.10 Å². The molecular formula is C29H34F2N6O3. The molecule has 3 aromatic rings. The van der Waals surface area contributed by atoms with Crippen LogP contribution in [0.25, 0.3) is 11.7 Å². The van der Waals surface area contributed by atoms with Crippen LogP contribution in [0, 0.1) is 11.6 Å². The molecule has 2 amide bonds. The van der Waals surface area contributed by atoms with Gasteiger partial charge in [0.2, 0.25) is 5.91 Å². The lowest BCUT2D eigenvalue weighted by Crippen LogP contribution is -2.39. The molecular weight excluding hydrogens is 518 g/mol. The molecule has 0 bridgehead atoms. The van der Waals surface area contributed by atoms with Gasteiger partial charge in [-0.05, 0) is 70.4 Å². The third-order valence-electron chi connectivity index (χ3n) is 7.11. The molecule has 2 aromatic heterocycles. The average molecular weight is 553 g/mol. The number of carbonyl (C=O) groups is 2. The lowest BCUT2D eigenvalue weighted by Gasteiger charge is -2.26. The number of aromatic nitrogens is 3. The number of benzene rings is 1. The Labute approximate surface area is 232 Å². The lowest BCUT2D eigenvalue weighted by molar-refractivity contribution is -0.125. The predicted octanol–water partition coefficient (Wildman–Crippen LogP) is 4.83. The molecule has 0 radical (unpaired) electrons. The van der Waals surface area contributed by atoms with Gasteiger partial charge in [0.1, 0.15) is 23.1 Å². The number of fused-ring (bicyclic) bond motifs is 1. The van der Waals surface area contributed by atoms with Crippen LogP contribution in [-0.4, -0.2) is 74.7 Å². The van der Waals surface area contributed by atoms with Crippen LogP contribution in [0.2, 0.25) is 0 Å². The average Bonchev–Trinajstić information content (AvgIpc) is 3.47. The van der Waals surface area contributed by atoms with Crippen molar-refractivity contribution in [1.82, 2.24) is 24.4 Å². The van der Waals surface area contributed by atoms with Crippen LogP contribution in [0.5, 0.6) is 0 Å². The monoisotopic (exact) mass is 552 g/mol. The second-order valence-corrected chi connectivity index (χ2v) is 11.2. The second kappa shape index (κ2) is 11.2. The van der Waals surface area contributed by atoms with E-state index in [1.807, 2.05) is 31.7 Å². The maximum atomic E-state index is 14.6. The molecule has 0 saturated carbocycles. The van der Waals surface area contributed by atoms with E-state index in [9.17, 15) is 18.4 Å². The van der Waals surface area contributed by atoms with Crippen molar-refractivity contribution in [2.45, 2.75) is 51.7 Å². The van der Waals surface area contributed by atoms with Gasteiger partial charge < -0.3 is 19.4 Å². The fourth-order valence-corrected chi connectivity index (χ4v) is 5.20. The van der Waals surface area contributed by atoms with Crippen molar-refractivity contribution >= 4 is 29.5 Å². The zero-order chi connectivity index (χ0) is 28.4. The molecule has 2 aliphatic heterocycles. The highest BCUT2D eigenvalue weighted by molar-refractivity contribution is 5.92. The largest absolute Gasteiger partial charge is 0.444 e. The highest BCUT2D eigenvalue weighted by atomic mass is 19.1. The number of amides is 2. The number of halogens is 2. The quantitative estimate of drug-likeness (QED) is 0.431. The Morgan fingerprint density at radius 3 is 2.60 bits per heavy atom. The lowest BCUT2D eigenvalue weighted by atomic mass is 10.0. The van der Waals surface area contributed by atoms with Gasteiger partial charge in [0.05, 0.1) is 12.2 Å². The van der Waals surface area contributed by atoms with E-state index in [4.69, 9.17) is 9.72 Å². The number of hydrogen-bond acceptors (Lipinski definition) is 6.